The number of allylic oxidation sites excluding steroid dienone is 4. The van der Waals surface area contributed by atoms with Gasteiger partial charge in [-0.2, -0.15) is 0 Å². The largest absolute Gasteiger partial charge is 0.0856 e. The van der Waals surface area contributed by atoms with Crippen LogP contribution in [0.25, 0.3) is 0 Å². The van der Waals surface area contributed by atoms with Crippen LogP contribution < -0.4 is 0 Å². The lowest BCUT2D eigenvalue weighted by atomic mass is 9.94. The van der Waals surface area contributed by atoms with Gasteiger partial charge >= 0.3 is 0 Å². The Morgan fingerprint density at radius 1 is 1.07 bits per heavy atom. The molecule has 0 heterocycles. The van der Waals surface area contributed by atoms with Crippen molar-refractivity contribution in [1.82, 2.24) is 0 Å². The second kappa shape index (κ2) is 6.86. The van der Waals surface area contributed by atoms with E-state index in [0.29, 0.717) is 5.92 Å². The fourth-order valence-electron chi connectivity index (χ4n) is 1.31. The summed E-state index contributed by atoms with van der Waals surface area (Å²) in [4.78, 5) is 0. The van der Waals surface area contributed by atoms with Crippen LogP contribution in [-0.4, -0.2) is 0 Å². The van der Waals surface area contributed by atoms with Gasteiger partial charge in [-0.05, 0) is 45.4 Å². The SMILES string of the molecule is CC(C)=CCC/C(C)=C/C(C)C(C)C. The van der Waals surface area contributed by atoms with E-state index in [2.05, 4.69) is 53.7 Å². The third-order valence-electron chi connectivity index (χ3n) is 2.69. The quantitative estimate of drug-likeness (QED) is 0.542. The maximum absolute atomic E-state index is 2.42. The first-order valence-corrected chi connectivity index (χ1v) is 5.74. The number of hydrogen-bond acceptors (Lipinski definition) is 0. The Morgan fingerprint density at radius 2 is 1.64 bits per heavy atom. The Kier molecular flexibility index (Phi) is 6.61. The fraction of sp³-hybridized carbons (Fsp3) is 0.714. The Morgan fingerprint density at radius 3 is 2.07 bits per heavy atom. The van der Waals surface area contributed by atoms with Crippen molar-refractivity contribution < 1.29 is 0 Å². The first-order valence-electron chi connectivity index (χ1n) is 5.74. The van der Waals surface area contributed by atoms with Gasteiger partial charge < -0.3 is 0 Å². The fourth-order valence-corrected chi connectivity index (χ4v) is 1.31. The van der Waals surface area contributed by atoms with E-state index in [4.69, 9.17) is 0 Å². The van der Waals surface area contributed by atoms with Crippen LogP contribution in [0.3, 0.4) is 0 Å². The Labute approximate surface area is 90.1 Å². The van der Waals surface area contributed by atoms with Gasteiger partial charge in [-0.15, -0.1) is 0 Å². The van der Waals surface area contributed by atoms with Gasteiger partial charge in [0.25, 0.3) is 0 Å². The normalized spacial score (nSPS) is 14.4. The summed E-state index contributed by atoms with van der Waals surface area (Å²) in [7, 11) is 0. The summed E-state index contributed by atoms with van der Waals surface area (Å²) in [5.74, 6) is 1.47. The molecule has 0 fully saturated rings. The van der Waals surface area contributed by atoms with Crippen LogP contribution in [0, 0.1) is 11.8 Å². The zero-order chi connectivity index (χ0) is 11.1. The topological polar surface area (TPSA) is 0 Å². The van der Waals surface area contributed by atoms with Gasteiger partial charge in [0.05, 0.1) is 0 Å². The summed E-state index contributed by atoms with van der Waals surface area (Å²) < 4.78 is 0. The lowest BCUT2D eigenvalue weighted by Crippen LogP contribution is -2.00. The van der Waals surface area contributed by atoms with Crippen LogP contribution in [-0.2, 0) is 0 Å². The van der Waals surface area contributed by atoms with E-state index in [9.17, 15) is 0 Å². The first kappa shape index (κ1) is 13.5. The molecule has 0 heteroatoms. The molecule has 0 nitrogen and oxygen atoms in total. The summed E-state index contributed by atoms with van der Waals surface area (Å²) in [5.41, 5.74) is 2.96. The van der Waals surface area contributed by atoms with Gasteiger partial charge in [0.1, 0.15) is 0 Å². The van der Waals surface area contributed by atoms with Crippen LogP contribution in [0.4, 0.5) is 0 Å². The smallest absolute Gasteiger partial charge is 0.0236 e. The van der Waals surface area contributed by atoms with Crippen molar-refractivity contribution in [2.24, 2.45) is 11.8 Å². The average Bonchev–Trinajstić information content (AvgIpc) is 2.02. The van der Waals surface area contributed by atoms with E-state index >= 15 is 0 Å². The van der Waals surface area contributed by atoms with Gasteiger partial charge in [-0.1, -0.05) is 44.1 Å². The molecule has 14 heavy (non-hydrogen) atoms. The predicted molar refractivity (Wildman–Crippen MR) is 66.4 cm³/mol. The van der Waals surface area contributed by atoms with Crippen LogP contribution in [0.1, 0.15) is 54.4 Å². The van der Waals surface area contributed by atoms with E-state index < -0.39 is 0 Å². The Bertz CT molecular complexity index is 202. The van der Waals surface area contributed by atoms with Crippen molar-refractivity contribution in [2.75, 3.05) is 0 Å². The molecular formula is C14H26. The molecule has 0 aromatic carbocycles. The second-order valence-corrected chi connectivity index (χ2v) is 4.94. The van der Waals surface area contributed by atoms with Gasteiger partial charge in [-0.25, -0.2) is 0 Å². The first-order chi connectivity index (χ1) is 6.43. The van der Waals surface area contributed by atoms with Gasteiger partial charge in [-0.3, -0.25) is 0 Å². The lowest BCUT2D eigenvalue weighted by Gasteiger charge is -2.11. The average molecular weight is 194 g/mol. The van der Waals surface area contributed by atoms with Crippen LogP contribution >= 0.6 is 0 Å². The highest BCUT2D eigenvalue weighted by Gasteiger charge is 2.03. The summed E-state index contributed by atoms with van der Waals surface area (Å²) >= 11 is 0. The van der Waals surface area contributed by atoms with Crippen molar-refractivity contribution in [3.63, 3.8) is 0 Å². The highest BCUT2D eigenvalue weighted by Crippen LogP contribution is 2.16. The minimum absolute atomic E-state index is 0.710. The van der Waals surface area contributed by atoms with Gasteiger partial charge in [0, 0.05) is 0 Å². The third kappa shape index (κ3) is 6.94. The Hall–Kier alpha value is -0.520. The van der Waals surface area contributed by atoms with E-state index in [1.807, 2.05) is 0 Å². The molecule has 0 N–H and O–H groups in total. The monoisotopic (exact) mass is 194 g/mol. The molecule has 0 saturated heterocycles. The lowest BCUT2D eigenvalue weighted by molar-refractivity contribution is 0.500. The van der Waals surface area contributed by atoms with Crippen LogP contribution in [0.5, 0.6) is 0 Å². The summed E-state index contributed by atoms with van der Waals surface area (Å²) in [5, 5.41) is 0. The van der Waals surface area contributed by atoms with E-state index in [1.54, 1.807) is 0 Å². The number of rotatable bonds is 5. The van der Waals surface area contributed by atoms with Crippen molar-refractivity contribution in [1.29, 1.82) is 0 Å². The van der Waals surface area contributed by atoms with Crippen molar-refractivity contribution in [3.05, 3.63) is 23.3 Å². The van der Waals surface area contributed by atoms with Crippen LogP contribution in [0.15, 0.2) is 23.3 Å². The minimum Gasteiger partial charge on any atom is -0.0856 e. The summed E-state index contributed by atoms with van der Waals surface area (Å²) in [6.07, 6.45) is 7.14. The highest BCUT2D eigenvalue weighted by atomic mass is 14.1. The van der Waals surface area contributed by atoms with Crippen LogP contribution in [0.2, 0.25) is 0 Å². The van der Waals surface area contributed by atoms with E-state index in [0.717, 1.165) is 5.92 Å². The molecule has 0 aliphatic heterocycles. The predicted octanol–water partition coefficient (Wildman–Crippen LogP) is 4.97. The van der Waals surface area contributed by atoms with Crippen molar-refractivity contribution in [2.45, 2.75) is 54.4 Å². The molecule has 0 aliphatic rings. The zero-order valence-corrected chi connectivity index (χ0v) is 10.7. The molecule has 0 saturated carbocycles. The number of hydrogen-bond donors (Lipinski definition) is 0. The molecule has 1 unspecified atom stereocenters. The molecule has 0 radical (unpaired) electrons. The molecule has 0 aromatic heterocycles. The molecule has 0 rings (SSSR count). The summed E-state index contributed by atoms with van der Waals surface area (Å²) in [6, 6.07) is 0. The summed E-state index contributed by atoms with van der Waals surface area (Å²) in [6.45, 7) is 13.4. The van der Waals surface area contributed by atoms with Crippen molar-refractivity contribution >= 4 is 0 Å². The molecule has 0 aliphatic carbocycles. The van der Waals surface area contributed by atoms with E-state index in [-0.39, 0.29) is 0 Å². The minimum atomic E-state index is 0.710. The molecule has 0 bridgehead atoms. The van der Waals surface area contributed by atoms with E-state index in [1.165, 1.54) is 24.0 Å². The molecule has 0 aromatic rings. The van der Waals surface area contributed by atoms with Gasteiger partial charge in [0.2, 0.25) is 0 Å². The van der Waals surface area contributed by atoms with Gasteiger partial charge in [0.15, 0.2) is 0 Å². The molecule has 1 atom stereocenters. The molecule has 0 amide bonds. The molecule has 0 spiro atoms. The highest BCUT2D eigenvalue weighted by molar-refractivity contribution is 5.04. The second-order valence-electron chi connectivity index (χ2n) is 4.94. The zero-order valence-electron chi connectivity index (χ0n) is 10.7. The molecular weight excluding hydrogens is 168 g/mol. The third-order valence-corrected chi connectivity index (χ3v) is 2.69. The maximum atomic E-state index is 2.42. The van der Waals surface area contributed by atoms with Crippen molar-refractivity contribution in [3.8, 4) is 0 Å². The Balaban J connectivity index is 3.95. The standard InChI is InChI=1S/C14H26/c1-11(2)8-7-9-13(5)10-14(6)12(3)4/h8,10,12,14H,7,9H2,1-6H3/b13-10+. The molecule has 82 valence electrons. The maximum Gasteiger partial charge on any atom is -0.0236 e.